The second-order valence-electron chi connectivity index (χ2n) is 2.58. The van der Waals surface area contributed by atoms with Crippen molar-refractivity contribution >= 4 is 5.97 Å². The number of hydrogen-bond acceptors (Lipinski definition) is 2. The fraction of sp³-hybridized carbons (Fsp3) is 0.444. The van der Waals surface area contributed by atoms with Crippen LogP contribution in [0.25, 0.3) is 0 Å². The minimum absolute atomic E-state index is 0.0537. The van der Waals surface area contributed by atoms with E-state index in [0.29, 0.717) is 0 Å². The molecule has 0 N–H and O–H groups in total. The van der Waals surface area contributed by atoms with E-state index >= 15 is 0 Å². The fourth-order valence-corrected chi connectivity index (χ4v) is 1.19. The fourth-order valence-electron chi connectivity index (χ4n) is 1.19. The second kappa shape index (κ2) is 3.96. The van der Waals surface area contributed by atoms with Crippen LogP contribution < -0.4 is 0 Å². The molecule has 2 nitrogen and oxygen atoms in total. The van der Waals surface area contributed by atoms with Crippen LogP contribution in [0.15, 0.2) is 25.0 Å². The molecule has 1 aliphatic carbocycles. The van der Waals surface area contributed by atoms with Crippen LogP contribution in [0, 0.1) is 5.92 Å². The topological polar surface area (TPSA) is 26.3 Å². The lowest BCUT2D eigenvalue weighted by molar-refractivity contribution is -0.142. The van der Waals surface area contributed by atoms with Gasteiger partial charge in [-0.2, -0.15) is 0 Å². The Labute approximate surface area is 66.5 Å². The Morgan fingerprint density at radius 1 is 1.64 bits per heavy atom. The first-order chi connectivity index (χ1) is 5.34. The van der Waals surface area contributed by atoms with Crippen molar-refractivity contribution in [2.45, 2.75) is 19.3 Å². The average molecular weight is 152 g/mol. The molecule has 0 aliphatic heterocycles. The lowest BCUT2D eigenvalue weighted by atomic mass is 9.95. The van der Waals surface area contributed by atoms with Crippen LogP contribution in [0.5, 0.6) is 0 Å². The maximum absolute atomic E-state index is 11.1. The Bertz CT molecular complexity index is 182. The van der Waals surface area contributed by atoms with Crippen molar-refractivity contribution in [1.29, 1.82) is 0 Å². The van der Waals surface area contributed by atoms with E-state index in [-0.39, 0.29) is 11.9 Å². The molecule has 0 bridgehead atoms. The van der Waals surface area contributed by atoms with Crippen LogP contribution in [-0.2, 0) is 9.53 Å². The number of carbonyl (C=O) groups is 1. The van der Waals surface area contributed by atoms with Crippen molar-refractivity contribution in [2.75, 3.05) is 0 Å². The van der Waals surface area contributed by atoms with Gasteiger partial charge in [-0.25, -0.2) is 0 Å². The predicted octanol–water partition coefficient (Wildman–Crippen LogP) is 2.03. The van der Waals surface area contributed by atoms with Crippen LogP contribution in [0.3, 0.4) is 0 Å². The first-order valence-electron chi connectivity index (χ1n) is 3.81. The van der Waals surface area contributed by atoms with Gasteiger partial charge in [-0.05, 0) is 19.3 Å². The standard InChI is InChI=1S/C9H12O2/c1-2-11-9(10)8-6-4-3-5-7-8/h2-4,8H,1,5-7H2. The minimum Gasteiger partial charge on any atom is -0.435 e. The van der Waals surface area contributed by atoms with Gasteiger partial charge in [-0.3, -0.25) is 4.79 Å². The third-order valence-electron chi connectivity index (χ3n) is 1.80. The average Bonchev–Trinajstić information content (AvgIpc) is 2.07. The van der Waals surface area contributed by atoms with Gasteiger partial charge < -0.3 is 4.74 Å². The quantitative estimate of drug-likeness (QED) is 0.344. The largest absolute Gasteiger partial charge is 0.435 e. The third kappa shape index (κ3) is 2.22. The molecule has 1 atom stereocenters. The second-order valence-corrected chi connectivity index (χ2v) is 2.58. The van der Waals surface area contributed by atoms with Crippen molar-refractivity contribution in [1.82, 2.24) is 0 Å². The number of carbonyl (C=O) groups excluding carboxylic acids is 1. The molecule has 0 aromatic heterocycles. The lowest BCUT2D eigenvalue weighted by Gasteiger charge is -2.14. The minimum atomic E-state index is -0.149. The van der Waals surface area contributed by atoms with Crippen LogP contribution in [0.1, 0.15) is 19.3 Å². The van der Waals surface area contributed by atoms with E-state index in [9.17, 15) is 4.79 Å². The van der Waals surface area contributed by atoms with Gasteiger partial charge in [0.05, 0.1) is 12.2 Å². The van der Waals surface area contributed by atoms with Crippen molar-refractivity contribution in [3.63, 3.8) is 0 Å². The Hall–Kier alpha value is -1.05. The zero-order valence-corrected chi connectivity index (χ0v) is 6.45. The molecule has 60 valence electrons. The normalized spacial score (nSPS) is 22.7. The van der Waals surface area contributed by atoms with Gasteiger partial charge in [-0.1, -0.05) is 18.7 Å². The highest BCUT2D eigenvalue weighted by Gasteiger charge is 2.18. The summed E-state index contributed by atoms with van der Waals surface area (Å²) in [7, 11) is 0. The van der Waals surface area contributed by atoms with Crippen LogP contribution in [0.4, 0.5) is 0 Å². The monoisotopic (exact) mass is 152 g/mol. The van der Waals surface area contributed by atoms with Crippen molar-refractivity contribution < 1.29 is 9.53 Å². The summed E-state index contributed by atoms with van der Waals surface area (Å²) in [6.07, 6.45) is 8.02. The Kier molecular flexibility index (Phi) is 2.90. The molecule has 0 heterocycles. The maximum Gasteiger partial charge on any atom is 0.314 e. The molecule has 0 amide bonds. The molecule has 1 rings (SSSR count). The van der Waals surface area contributed by atoms with E-state index in [1.807, 2.05) is 6.08 Å². The van der Waals surface area contributed by atoms with E-state index in [4.69, 9.17) is 0 Å². The molecule has 0 radical (unpaired) electrons. The summed E-state index contributed by atoms with van der Waals surface area (Å²) >= 11 is 0. The maximum atomic E-state index is 11.1. The Balaban J connectivity index is 2.40. The van der Waals surface area contributed by atoms with E-state index in [1.54, 1.807) is 0 Å². The number of allylic oxidation sites excluding steroid dienone is 2. The third-order valence-corrected chi connectivity index (χ3v) is 1.80. The first-order valence-corrected chi connectivity index (χ1v) is 3.81. The van der Waals surface area contributed by atoms with E-state index in [0.717, 1.165) is 19.3 Å². The molecule has 1 aliphatic rings. The van der Waals surface area contributed by atoms with Crippen molar-refractivity contribution in [3.8, 4) is 0 Å². The van der Waals surface area contributed by atoms with E-state index in [2.05, 4.69) is 17.4 Å². The van der Waals surface area contributed by atoms with Crippen LogP contribution in [-0.4, -0.2) is 5.97 Å². The molecule has 0 saturated carbocycles. The van der Waals surface area contributed by atoms with Crippen LogP contribution in [0.2, 0.25) is 0 Å². The molecule has 0 aromatic rings. The molecular weight excluding hydrogens is 140 g/mol. The number of ether oxygens (including phenoxy) is 1. The van der Waals surface area contributed by atoms with Crippen molar-refractivity contribution in [2.24, 2.45) is 5.92 Å². The molecular formula is C9H12O2. The van der Waals surface area contributed by atoms with E-state index < -0.39 is 0 Å². The van der Waals surface area contributed by atoms with Gasteiger partial charge >= 0.3 is 5.97 Å². The van der Waals surface area contributed by atoms with Gasteiger partial charge in [0.2, 0.25) is 0 Å². The van der Waals surface area contributed by atoms with E-state index in [1.165, 1.54) is 6.26 Å². The number of rotatable bonds is 2. The number of esters is 1. The summed E-state index contributed by atoms with van der Waals surface area (Å²) in [4.78, 5) is 11.1. The van der Waals surface area contributed by atoms with Gasteiger partial charge in [-0.15, -0.1) is 0 Å². The van der Waals surface area contributed by atoms with Gasteiger partial charge in [0.25, 0.3) is 0 Å². The summed E-state index contributed by atoms with van der Waals surface area (Å²) in [6, 6.07) is 0. The summed E-state index contributed by atoms with van der Waals surface area (Å²) in [5, 5.41) is 0. The lowest BCUT2D eigenvalue weighted by Crippen LogP contribution is -2.16. The highest BCUT2D eigenvalue weighted by atomic mass is 16.5. The molecule has 0 saturated heterocycles. The zero-order valence-electron chi connectivity index (χ0n) is 6.45. The molecule has 0 fully saturated rings. The zero-order chi connectivity index (χ0) is 8.10. The van der Waals surface area contributed by atoms with Gasteiger partial charge in [0.15, 0.2) is 0 Å². The summed E-state index contributed by atoms with van der Waals surface area (Å²) in [5.74, 6) is -0.0950. The summed E-state index contributed by atoms with van der Waals surface area (Å²) in [5.41, 5.74) is 0. The van der Waals surface area contributed by atoms with Crippen molar-refractivity contribution in [3.05, 3.63) is 25.0 Å². The van der Waals surface area contributed by atoms with Gasteiger partial charge in [0.1, 0.15) is 0 Å². The highest BCUT2D eigenvalue weighted by molar-refractivity contribution is 5.73. The summed E-state index contributed by atoms with van der Waals surface area (Å²) < 4.78 is 4.67. The Morgan fingerprint density at radius 3 is 3.00 bits per heavy atom. The molecule has 1 unspecified atom stereocenters. The predicted molar refractivity (Wildman–Crippen MR) is 42.8 cm³/mol. The SMILES string of the molecule is C=COC(=O)C1CC=CCC1. The Morgan fingerprint density at radius 2 is 2.45 bits per heavy atom. The number of hydrogen-bond donors (Lipinski definition) is 0. The van der Waals surface area contributed by atoms with Crippen LogP contribution >= 0.6 is 0 Å². The summed E-state index contributed by atoms with van der Waals surface area (Å²) in [6.45, 7) is 3.33. The smallest absolute Gasteiger partial charge is 0.314 e. The molecule has 0 spiro atoms. The molecule has 0 aromatic carbocycles. The first kappa shape index (κ1) is 8.05. The highest BCUT2D eigenvalue weighted by Crippen LogP contribution is 2.19. The van der Waals surface area contributed by atoms with Gasteiger partial charge in [0, 0.05) is 0 Å². The molecule has 2 heteroatoms. The molecule has 11 heavy (non-hydrogen) atoms.